The summed E-state index contributed by atoms with van der Waals surface area (Å²) in [6.45, 7) is 7.03. The van der Waals surface area contributed by atoms with Gasteiger partial charge in [0, 0.05) is 17.9 Å². The first-order valence-corrected chi connectivity index (χ1v) is 9.25. The molecule has 24 heavy (non-hydrogen) atoms. The first-order valence-electron chi connectivity index (χ1n) is 8.43. The molecule has 7 heteroatoms. The quantitative estimate of drug-likeness (QED) is 0.871. The van der Waals surface area contributed by atoms with E-state index in [1.54, 1.807) is 0 Å². The van der Waals surface area contributed by atoms with Gasteiger partial charge >= 0.3 is 0 Å². The maximum Gasteiger partial charge on any atom is 0.263 e. The van der Waals surface area contributed by atoms with E-state index in [0.717, 1.165) is 41.6 Å². The van der Waals surface area contributed by atoms with Crippen LogP contribution in [-0.2, 0) is 19.4 Å². The lowest BCUT2D eigenvalue weighted by Gasteiger charge is -2.17. The maximum absolute atomic E-state index is 12.4. The minimum absolute atomic E-state index is 0.117. The minimum atomic E-state index is -0.117. The second kappa shape index (κ2) is 7.25. The average Bonchev–Trinajstić information content (AvgIpc) is 2.94. The number of hydrogen-bond acceptors (Lipinski definition) is 6. The van der Waals surface area contributed by atoms with Crippen molar-refractivity contribution >= 4 is 22.4 Å². The smallest absolute Gasteiger partial charge is 0.263 e. The van der Waals surface area contributed by atoms with Crippen molar-refractivity contribution in [3.8, 4) is 0 Å². The summed E-state index contributed by atoms with van der Waals surface area (Å²) in [7, 11) is 0. The Kier molecular flexibility index (Phi) is 5.08. The topological polar surface area (TPSA) is 79.8 Å². The van der Waals surface area contributed by atoms with Gasteiger partial charge in [0.05, 0.1) is 12.2 Å². The summed E-state index contributed by atoms with van der Waals surface area (Å²) in [4.78, 5) is 26.6. The summed E-state index contributed by atoms with van der Waals surface area (Å²) < 4.78 is 0. The first-order chi connectivity index (χ1) is 11.6. The van der Waals surface area contributed by atoms with Gasteiger partial charge in [0.15, 0.2) is 5.13 Å². The van der Waals surface area contributed by atoms with Gasteiger partial charge in [0.25, 0.3) is 5.91 Å². The molecule has 2 aromatic heterocycles. The molecule has 1 aliphatic carbocycles. The van der Waals surface area contributed by atoms with Crippen molar-refractivity contribution in [2.75, 3.05) is 11.9 Å². The number of rotatable bonds is 5. The van der Waals surface area contributed by atoms with Crippen LogP contribution in [-0.4, -0.2) is 27.4 Å². The second-order valence-corrected chi connectivity index (χ2v) is 7.00. The number of nitrogens with one attached hydrogen (secondary N) is 2. The Bertz CT molecular complexity index is 756. The minimum Gasteiger partial charge on any atom is -0.362 e. The number of carbonyl (C=O) groups is 1. The molecule has 0 saturated carbocycles. The Balaban J connectivity index is 1.69. The highest BCUT2D eigenvalue weighted by molar-refractivity contribution is 7.17. The highest BCUT2D eigenvalue weighted by Gasteiger charge is 2.18. The third-order valence-electron chi connectivity index (χ3n) is 4.17. The summed E-state index contributed by atoms with van der Waals surface area (Å²) in [6.07, 6.45) is 4.48. The van der Waals surface area contributed by atoms with Gasteiger partial charge in [-0.15, -0.1) is 0 Å². The summed E-state index contributed by atoms with van der Waals surface area (Å²) in [6, 6.07) is 0. The fourth-order valence-corrected chi connectivity index (χ4v) is 3.95. The fourth-order valence-electron chi connectivity index (χ4n) is 3.00. The standard InChI is InChI=1S/C17H23N5OS/c1-4-18-17-21-11(3)15(24-17)16(23)19-9-14-20-10(2)12-7-5-6-8-13(12)22-14/h4-9H2,1-3H3,(H,18,21)(H,19,23). The molecule has 0 unspecified atom stereocenters. The van der Waals surface area contributed by atoms with Gasteiger partial charge in [-0.2, -0.15) is 0 Å². The van der Waals surface area contributed by atoms with Crippen LogP contribution < -0.4 is 10.6 Å². The van der Waals surface area contributed by atoms with E-state index in [1.807, 2.05) is 20.8 Å². The normalized spacial score (nSPS) is 13.5. The molecule has 0 spiro atoms. The molecule has 0 atom stereocenters. The number of amides is 1. The number of anilines is 1. The van der Waals surface area contributed by atoms with Crippen molar-refractivity contribution in [1.82, 2.24) is 20.3 Å². The number of aryl methyl sites for hydroxylation is 3. The van der Waals surface area contributed by atoms with Crippen LogP contribution >= 0.6 is 11.3 Å². The summed E-state index contributed by atoms with van der Waals surface area (Å²) in [5.41, 5.74) is 4.25. The zero-order chi connectivity index (χ0) is 17.1. The Morgan fingerprint density at radius 3 is 2.71 bits per heavy atom. The van der Waals surface area contributed by atoms with Gasteiger partial charge in [-0.1, -0.05) is 11.3 Å². The van der Waals surface area contributed by atoms with E-state index >= 15 is 0 Å². The van der Waals surface area contributed by atoms with Crippen LogP contribution in [0.1, 0.15) is 57.9 Å². The van der Waals surface area contributed by atoms with Gasteiger partial charge in [0.2, 0.25) is 0 Å². The van der Waals surface area contributed by atoms with Crippen molar-refractivity contribution in [1.29, 1.82) is 0 Å². The van der Waals surface area contributed by atoms with Crippen LogP contribution in [0.2, 0.25) is 0 Å². The molecule has 128 valence electrons. The predicted octanol–water partition coefficient (Wildman–Crippen LogP) is 2.79. The van der Waals surface area contributed by atoms with Crippen molar-refractivity contribution < 1.29 is 4.79 Å². The van der Waals surface area contributed by atoms with Crippen LogP contribution in [0.5, 0.6) is 0 Å². The van der Waals surface area contributed by atoms with Crippen LogP contribution in [0.15, 0.2) is 0 Å². The zero-order valence-corrected chi connectivity index (χ0v) is 15.2. The van der Waals surface area contributed by atoms with Gasteiger partial charge < -0.3 is 10.6 Å². The fraction of sp³-hybridized carbons (Fsp3) is 0.529. The van der Waals surface area contributed by atoms with Gasteiger partial charge in [0.1, 0.15) is 10.7 Å². The van der Waals surface area contributed by atoms with Gasteiger partial charge in [-0.25, -0.2) is 15.0 Å². The second-order valence-electron chi connectivity index (χ2n) is 6.00. The van der Waals surface area contributed by atoms with Crippen LogP contribution in [0.3, 0.4) is 0 Å². The molecule has 6 nitrogen and oxygen atoms in total. The van der Waals surface area contributed by atoms with Gasteiger partial charge in [-0.05, 0) is 52.0 Å². The Morgan fingerprint density at radius 1 is 1.12 bits per heavy atom. The Labute approximate surface area is 146 Å². The molecule has 0 saturated heterocycles. The lowest BCUT2D eigenvalue weighted by Crippen LogP contribution is -2.25. The van der Waals surface area contributed by atoms with E-state index in [2.05, 4.69) is 25.6 Å². The first kappa shape index (κ1) is 16.8. The van der Waals surface area contributed by atoms with E-state index in [0.29, 0.717) is 17.2 Å². The number of carbonyl (C=O) groups excluding carboxylic acids is 1. The van der Waals surface area contributed by atoms with Crippen molar-refractivity contribution in [2.45, 2.75) is 53.0 Å². The highest BCUT2D eigenvalue weighted by Crippen LogP contribution is 2.23. The molecule has 0 aliphatic heterocycles. The van der Waals surface area contributed by atoms with Gasteiger partial charge in [-0.3, -0.25) is 4.79 Å². The predicted molar refractivity (Wildman–Crippen MR) is 95.6 cm³/mol. The lowest BCUT2D eigenvalue weighted by atomic mass is 9.95. The number of fused-ring (bicyclic) bond motifs is 1. The van der Waals surface area contributed by atoms with Crippen LogP contribution in [0, 0.1) is 13.8 Å². The molecule has 2 aromatic rings. The summed E-state index contributed by atoms with van der Waals surface area (Å²) in [5, 5.41) is 6.84. The number of thiazole rings is 1. The van der Waals surface area contributed by atoms with E-state index in [4.69, 9.17) is 0 Å². The Morgan fingerprint density at radius 2 is 1.92 bits per heavy atom. The van der Waals surface area contributed by atoms with Crippen molar-refractivity contribution in [3.63, 3.8) is 0 Å². The summed E-state index contributed by atoms with van der Waals surface area (Å²) in [5.74, 6) is 0.573. The molecule has 3 rings (SSSR count). The SMILES string of the molecule is CCNc1nc(C)c(C(=O)NCc2nc(C)c3c(n2)CCCC3)s1. The molecule has 0 aromatic carbocycles. The lowest BCUT2D eigenvalue weighted by molar-refractivity contribution is 0.0953. The third kappa shape index (κ3) is 3.56. The zero-order valence-electron chi connectivity index (χ0n) is 14.4. The van der Waals surface area contributed by atoms with E-state index in [1.165, 1.54) is 29.7 Å². The third-order valence-corrected chi connectivity index (χ3v) is 5.29. The van der Waals surface area contributed by atoms with E-state index < -0.39 is 0 Å². The number of hydrogen-bond donors (Lipinski definition) is 2. The largest absolute Gasteiger partial charge is 0.362 e. The van der Waals surface area contributed by atoms with Crippen molar-refractivity contribution in [2.24, 2.45) is 0 Å². The van der Waals surface area contributed by atoms with Crippen molar-refractivity contribution in [3.05, 3.63) is 33.3 Å². The monoisotopic (exact) mass is 345 g/mol. The van der Waals surface area contributed by atoms with Crippen LogP contribution in [0.4, 0.5) is 5.13 Å². The molecular weight excluding hydrogens is 322 g/mol. The number of aromatic nitrogens is 3. The van der Waals surface area contributed by atoms with E-state index in [9.17, 15) is 4.79 Å². The highest BCUT2D eigenvalue weighted by atomic mass is 32.1. The Hall–Kier alpha value is -2.02. The molecule has 1 amide bonds. The van der Waals surface area contributed by atoms with E-state index in [-0.39, 0.29) is 5.91 Å². The molecule has 1 aliphatic rings. The molecule has 0 fully saturated rings. The maximum atomic E-state index is 12.4. The molecule has 2 N–H and O–H groups in total. The van der Waals surface area contributed by atoms with Crippen LogP contribution in [0.25, 0.3) is 0 Å². The molecule has 2 heterocycles. The molecule has 0 bridgehead atoms. The molecular formula is C17H23N5OS. The summed E-state index contributed by atoms with van der Waals surface area (Å²) >= 11 is 1.38. The average molecular weight is 345 g/mol. The number of nitrogens with zero attached hydrogens (tertiary/aromatic N) is 3. The molecule has 0 radical (unpaired) electrons.